The maximum absolute atomic E-state index is 12.5. The van der Waals surface area contributed by atoms with Crippen LogP contribution in [-0.2, 0) is 0 Å². The highest BCUT2D eigenvalue weighted by Gasteiger charge is 2.45. The Kier molecular flexibility index (Phi) is 2.45. The number of hydrogen-bond acceptors (Lipinski definition) is 2. The van der Waals surface area contributed by atoms with Crippen LogP contribution in [0.3, 0.4) is 0 Å². The zero-order chi connectivity index (χ0) is 13.6. The minimum Gasteiger partial charge on any atom is -0.478 e. The monoisotopic (exact) mass is 254 g/mol. The normalized spacial score (nSPS) is 16.3. The average molecular weight is 254 g/mol. The molecule has 0 atom stereocenters. The SMILES string of the molecule is CC1(C(=O)c2ccc(C(=O)O)c3ccccc23)CC1. The van der Waals surface area contributed by atoms with E-state index < -0.39 is 5.97 Å². The summed E-state index contributed by atoms with van der Waals surface area (Å²) in [6.07, 6.45) is 1.84. The van der Waals surface area contributed by atoms with E-state index in [-0.39, 0.29) is 16.8 Å². The van der Waals surface area contributed by atoms with Crippen molar-refractivity contribution in [3.05, 3.63) is 47.5 Å². The molecule has 2 aromatic carbocycles. The molecule has 3 heteroatoms. The van der Waals surface area contributed by atoms with Crippen molar-refractivity contribution in [1.82, 2.24) is 0 Å². The molecule has 2 aromatic rings. The molecule has 0 spiro atoms. The second-order valence-corrected chi connectivity index (χ2v) is 5.40. The third-order valence-electron chi connectivity index (χ3n) is 3.95. The van der Waals surface area contributed by atoms with Gasteiger partial charge in [0.2, 0.25) is 0 Å². The van der Waals surface area contributed by atoms with Crippen molar-refractivity contribution in [3.8, 4) is 0 Å². The second-order valence-electron chi connectivity index (χ2n) is 5.40. The maximum Gasteiger partial charge on any atom is 0.336 e. The highest BCUT2D eigenvalue weighted by molar-refractivity contribution is 6.15. The van der Waals surface area contributed by atoms with E-state index >= 15 is 0 Å². The molecule has 0 radical (unpaired) electrons. The van der Waals surface area contributed by atoms with Gasteiger partial charge in [0.1, 0.15) is 0 Å². The molecular weight excluding hydrogens is 240 g/mol. The first-order chi connectivity index (χ1) is 9.03. The van der Waals surface area contributed by atoms with Gasteiger partial charge < -0.3 is 5.11 Å². The summed E-state index contributed by atoms with van der Waals surface area (Å²) in [7, 11) is 0. The van der Waals surface area contributed by atoms with Crippen LogP contribution in [0.4, 0.5) is 0 Å². The summed E-state index contributed by atoms with van der Waals surface area (Å²) in [6.45, 7) is 1.97. The van der Waals surface area contributed by atoms with E-state index in [1.54, 1.807) is 18.2 Å². The van der Waals surface area contributed by atoms with Crippen LogP contribution in [-0.4, -0.2) is 16.9 Å². The van der Waals surface area contributed by atoms with Crippen LogP contribution in [0.5, 0.6) is 0 Å². The molecule has 0 aliphatic heterocycles. The van der Waals surface area contributed by atoms with Crippen molar-refractivity contribution in [2.45, 2.75) is 19.8 Å². The smallest absolute Gasteiger partial charge is 0.336 e. The molecule has 96 valence electrons. The Balaban J connectivity index is 2.25. The van der Waals surface area contributed by atoms with Crippen molar-refractivity contribution >= 4 is 22.5 Å². The van der Waals surface area contributed by atoms with Gasteiger partial charge in [-0.15, -0.1) is 0 Å². The Morgan fingerprint density at radius 1 is 1.00 bits per heavy atom. The molecule has 0 bridgehead atoms. The van der Waals surface area contributed by atoms with Gasteiger partial charge in [0.25, 0.3) is 0 Å². The standard InChI is InChI=1S/C16H14O3/c1-16(8-9-16)14(17)12-6-7-13(15(18)19)11-5-3-2-4-10(11)12/h2-7H,8-9H2,1H3,(H,18,19). The quantitative estimate of drug-likeness (QED) is 0.852. The lowest BCUT2D eigenvalue weighted by Gasteiger charge is -2.11. The summed E-state index contributed by atoms with van der Waals surface area (Å²) in [6, 6.07) is 10.4. The lowest BCUT2D eigenvalue weighted by molar-refractivity contribution is 0.0698. The number of fused-ring (bicyclic) bond motifs is 1. The summed E-state index contributed by atoms with van der Waals surface area (Å²) < 4.78 is 0. The van der Waals surface area contributed by atoms with E-state index in [2.05, 4.69) is 0 Å². The first-order valence-corrected chi connectivity index (χ1v) is 6.33. The molecule has 1 aliphatic rings. The molecule has 1 saturated carbocycles. The topological polar surface area (TPSA) is 54.4 Å². The van der Waals surface area contributed by atoms with Gasteiger partial charge in [-0.2, -0.15) is 0 Å². The molecule has 3 nitrogen and oxygen atoms in total. The van der Waals surface area contributed by atoms with Crippen molar-refractivity contribution in [2.75, 3.05) is 0 Å². The van der Waals surface area contributed by atoms with Crippen LogP contribution < -0.4 is 0 Å². The summed E-state index contributed by atoms with van der Waals surface area (Å²) in [5.74, 6) is -0.839. The average Bonchev–Trinajstić information content (AvgIpc) is 3.15. The Bertz CT molecular complexity index is 696. The van der Waals surface area contributed by atoms with E-state index in [4.69, 9.17) is 0 Å². The molecule has 19 heavy (non-hydrogen) atoms. The van der Waals surface area contributed by atoms with Crippen LogP contribution in [0.1, 0.15) is 40.5 Å². The van der Waals surface area contributed by atoms with Gasteiger partial charge in [0, 0.05) is 11.0 Å². The van der Waals surface area contributed by atoms with E-state index in [1.807, 2.05) is 19.1 Å². The number of carbonyl (C=O) groups excluding carboxylic acids is 1. The number of carboxylic acid groups (broad SMARTS) is 1. The first kappa shape index (κ1) is 11.9. The fraction of sp³-hybridized carbons (Fsp3) is 0.250. The van der Waals surface area contributed by atoms with Crippen molar-refractivity contribution < 1.29 is 14.7 Å². The van der Waals surface area contributed by atoms with Gasteiger partial charge in [0.05, 0.1) is 5.56 Å². The first-order valence-electron chi connectivity index (χ1n) is 6.33. The van der Waals surface area contributed by atoms with Crippen LogP contribution >= 0.6 is 0 Å². The van der Waals surface area contributed by atoms with Crippen LogP contribution in [0.2, 0.25) is 0 Å². The van der Waals surface area contributed by atoms with Crippen molar-refractivity contribution in [1.29, 1.82) is 0 Å². The van der Waals surface area contributed by atoms with E-state index in [0.717, 1.165) is 18.2 Å². The fourth-order valence-electron chi connectivity index (χ4n) is 2.42. The Labute approximate surface area is 110 Å². The van der Waals surface area contributed by atoms with Gasteiger partial charge >= 0.3 is 5.97 Å². The molecule has 1 N–H and O–H groups in total. The zero-order valence-corrected chi connectivity index (χ0v) is 10.6. The fourth-order valence-corrected chi connectivity index (χ4v) is 2.42. The van der Waals surface area contributed by atoms with Gasteiger partial charge in [-0.05, 0) is 35.7 Å². The number of benzene rings is 2. The largest absolute Gasteiger partial charge is 0.478 e. The minimum atomic E-state index is -0.965. The highest BCUT2D eigenvalue weighted by Crippen LogP contribution is 2.48. The predicted molar refractivity (Wildman–Crippen MR) is 72.6 cm³/mol. The van der Waals surface area contributed by atoms with Crippen molar-refractivity contribution in [2.24, 2.45) is 5.41 Å². The molecule has 0 saturated heterocycles. The van der Waals surface area contributed by atoms with Crippen LogP contribution in [0.15, 0.2) is 36.4 Å². The maximum atomic E-state index is 12.5. The highest BCUT2D eigenvalue weighted by atomic mass is 16.4. The second kappa shape index (κ2) is 3.92. The molecule has 0 heterocycles. The summed E-state index contributed by atoms with van der Waals surface area (Å²) >= 11 is 0. The predicted octanol–water partition coefficient (Wildman–Crippen LogP) is 3.52. The van der Waals surface area contributed by atoms with Crippen LogP contribution in [0.25, 0.3) is 10.8 Å². The number of carbonyl (C=O) groups is 2. The Morgan fingerprint density at radius 2 is 1.53 bits per heavy atom. The number of rotatable bonds is 3. The lowest BCUT2D eigenvalue weighted by Crippen LogP contribution is -2.13. The van der Waals surface area contributed by atoms with Gasteiger partial charge in [-0.1, -0.05) is 31.2 Å². The number of ketones is 1. The van der Waals surface area contributed by atoms with Gasteiger partial charge in [-0.25, -0.2) is 4.79 Å². The summed E-state index contributed by atoms with van der Waals surface area (Å²) in [5, 5.41) is 10.6. The molecule has 3 rings (SSSR count). The van der Waals surface area contributed by atoms with Gasteiger partial charge in [0.15, 0.2) is 5.78 Å². The number of hydrogen-bond donors (Lipinski definition) is 1. The number of carboxylic acids is 1. The van der Waals surface area contributed by atoms with Gasteiger partial charge in [-0.3, -0.25) is 4.79 Å². The Morgan fingerprint density at radius 3 is 2.05 bits per heavy atom. The Hall–Kier alpha value is -2.16. The minimum absolute atomic E-state index is 0.126. The zero-order valence-electron chi connectivity index (χ0n) is 10.6. The molecule has 0 aromatic heterocycles. The lowest BCUT2D eigenvalue weighted by atomic mass is 9.91. The van der Waals surface area contributed by atoms with Crippen molar-refractivity contribution in [3.63, 3.8) is 0 Å². The van der Waals surface area contributed by atoms with Crippen LogP contribution in [0, 0.1) is 5.41 Å². The molecule has 0 amide bonds. The molecule has 1 aliphatic carbocycles. The molecule has 0 unspecified atom stereocenters. The van der Waals surface area contributed by atoms with E-state index in [9.17, 15) is 14.7 Å². The summed E-state index contributed by atoms with van der Waals surface area (Å²) in [5.41, 5.74) is 0.641. The summed E-state index contributed by atoms with van der Waals surface area (Å²) in [4.78, 5) is 23.7. The molecular formula is C16H14O3. The van der Waals surface area contributed by atoms with E-state index in [0.29, 0.717) is 10.9 Å². The molecule has 1 fully saturated rings. The van der Waals surface area contributed by atoms with E-state index in [1.165, 1.54) is 6.07 Å². The third-order valence-corrected chi connectivity index (χ3v) is 3.95. The number of aromatic carboxylic acids is 1. The number of Topliss-reactive ketones (excluding diaryl/α,β-unsaturated/α-hetero) is 1. The third kappa shape index (κ3) is 1.82.